The molecule has 0 aliphatic carbocycles. The van der Waals surface area contributed by atoms with E-state index in [0.29, 0.717) is 0 Å². The molecule has 4 heteroatoms. The fourth-order valence-corrected chi connectivity index (χ4v) is 3.77. The number of aryl methyl sites for hydroxylation is 1. The normalized spacial score (nSPS) is 13.1. The Morgan fingerprint density at radius 1 is 1.36 bits per heavy atom. The van der Waals surface area contributed by atoms with Crippen LogP contribution in [0.15, 0.2) is 27.4 Å². The molecule has 0 amide bonds. The van der Waals surface area contributed by atoms with E-state index in [1.165, 1.54) is 15.3 Å². The third kappa shape index (κ3) is 1.93. The summed E-state index contributed by atoms with van der Waals surface area (Å²) in [5, 5.41) is 4.17. The molecule has 0 aliphatic rings. The highest BCUT2D eigenvalue weighted by Gasteiger charge is 2.14. The molecule has 2 aromatic heterocycles. The Balaban J connectivity index is 2.33. The Hall–Kier alpha value is -0.160. The summed E-state index contributed by atoms with van der Waals surface area (Å²) in [7, 11) is 0. The van der Waals surface area contributed by atoms with Gasteiger partial charge in [0.15, 0.2) is 0 Å². The van der Waals surface area contributed by atoms with Crippen LogP contribution in [0.3, 0.4) is 0 Å². The average molecular weight is 288 g/mol. The van der Waals surface area contributed by atoms with Gasteiger partial charge in [-0.15, -0.1) is 11.3 Å². The zero-order chi connectivity index (χ0) is 10.1. The monoisotopic (exact) mass is 287 g/mol. The fraction of sp³-hybridized carbons (Fsp3) is 0.200. The molecule has 74 valence electrons. The largest absolute Gasteiger partial charge is 0.320 e. The van der Waals surface area contributed by atoms with Crippen molar-refractivity contribution < 1.29 is 0 Å². The number of hydrogen-bond donors (Lipinski definition) is 1. The third-order valence-corrected chi connectivity index (χ3v) is 4.88. The molecule has 1 nitrogen and oxygen atoms in total. The first kappa shape index (κ1) is 10.4. The fourth-order valence-electron chi connectivity index (χ4n) is 1.29. The van der Waals surface area contributed by atoms with E-state index in [1.807, 2.05) is 0 Å². The molecular weight excluding hydrogens is 278 g/mol. The van der Waals surface area contributed by atoms with E-state index < -0.39 is 0 Å². The first-order valence-corrected chi connectivity index (χ1v) is 6.77. The summed E-state index contributed by atoms with van der Waals surface area (Å²) in [5.74, 6) is 0. The second-order valence-corrected chi connectivity index (χ2v) is 6.02. The van der Waals surface area contributed by atoms with Crippen LogP contribution in [-0.4, -0.2) is 0 Å². The molecule has 14 heavy (non-hydrogen) atoms. The molecule has 1 unspecified atom stereocenters. The highest BCUT2D eigenvalue weighted by atomic mass is 79.9. The van der Waals surface area contributed by atoms with E-state index in [1.54, 1.807) is 22.7 Å². The first-order chi connectivity index (χ1) is 6.68. The summed E-state index contributed by atoms with van der Waals surface area (Å²) in [5.41, 5.74) is 7.34. The summed E-state index contributed by atoms with van der Waals surface area (Å²) in [6.45, 7) is 2.10. The van der Waals surface area contributed by atoms with Crippen LogP contribution in [0.25, 0.3) is 0 Å². The van der Waals surface area contributed by atoms with Crippen molar-refractivity contribution in [3.8, 4) is 0 Å². The standard InChI is InChI=1S/C10H10BrNS2/c1-6-2-3-9(14-6)10(12)7-4-13-5-8(7)11/h2-5,10H,12H2,1H3. The number of hydrogen-bond acceptors (Lipinski definition) is 3. The van der Waals surface area contributed by atoms with Crippen molar-refractivity contribution in [3.05, 3.63) is 42.7 Å². The van der Waals surface area contributed by atoms with Crippen LogP contribution < -0.4 is 5.73 Å². The van der Waals surface area contributed by atoms with Crippen LogP contribution >= 0.6 is 38.6 Å². The first-order valence-electron chi connectivity index (χ1n) is 4.22. The minimum Gasteiger partial charge on any atom is -0.320 e. The third-order valence-electron chi connectivity index (χ3n) is 2.05. The van der Waals surface area contributed by atoms with Crippen molar-refractivity contribution in [2.24, 2.45) is 5.73 Å². The van der Waals surface area contributed by atoms with Crippen LogP contribution in [-0.2, 0) is 0 Å². The lowest BCUT2D eigenvalue weighted by atomic mass is 10.1. The van der Waals surface area contributed by atoms with Gasteiger partial charge in [-0.1, -0.05) is 0 Å². The topological polar surface area (TPSA) is 26.0 Å². The van der Waals surface area contributed by atoms with Gasteiger partial charge in [-0.25, -0.2) is 0 Å². The molecule has 0 aromatic carbocycles. The van der Waals surface area contributed by atoms with Crippen molar-refractivity contribution in [1.29, 1.82) is 0 Å². The minimum absolute atomic E-state index is 0.00863. The van der Waals surface area contributed by atoms with Gasteiger partial charge in [-0.2, -0.15) is 11.3 Å². The lowest BCUT2D eigenvalue weighted by molar-refractivity contribution is 0.894. The Morgan fingerprint density at radius 3 is 2.64 bits per heavy atom. The predicted octanol–water partition coefficient (Wildman–Crippen LogP) is 3.93. The van der Waals surface area contributed by atoms with Gasteiger partial charge in [0.25, 0.3) is 0 Å². The average Bonchev–Trinajstić information content (AvgIpc) is 2.73. The van der Waals surface area contributed by atoms with E-state index in [4.69, 9.17) is 5.73 Å². The zero-order valence-electron chi connectivity index (χ0n) is 7.66. The van der Waals surface area contributed by atoms with E-state index in [9.17, 15) is 0 Å². The molecule has 0 bridgehead atoms. The molecule has 1 atom stereocenters. The summed E-state index contributed by atoms with van der Waals surface area (Å²) in [6.07, 6.45) is 0. The summed E-state index contributed by atoms with van der Waals surface area (Å²) >= 11 is 6.94. The maximum Gasteiger partial charge on any atom is 0.0665 e. The van der Waals surface area contributed by atoms with Crippen LogP contribution in [0.4, 0.5) is 0 Å². The molecule has 0 spiro atoms. The molecule has 2 rings (SSSR count). The van der Waals surface area contributed by atoms with Gasteiger partial charge in [0.2, 0.25) is 0 Å². The second-order valence-electron chi connectivity index (χ2n) is 3.10. The van der Waals surface area contributed by atoms with E-state index >= 15 is 0 Å². The molecule has 0 saturated heterocycles. The van der Waals surface area contributed by atoms with Crippen LogP contribution in [0.2, 0.25) is 0 Å². The van der Waals surface area contributed by atoms with Crippen molar-refractivity contribution in [2.75, 3.05) is 0 Å². The van der Waals surface area contributed by atoms with E-state index in [2.05, 4.69) is 45.7 Å². The van der Waals surface area contributed by atoms with E-state index in [-0.39, 0.29) is 6.04 Å². The van der Waals surface area contributed by atoms with Gasteiger partial charge in [0.05, 0.1) is 6.04 Å². The molecule has 0 fully saturated rings. The van der Waals surface area contributed by atoms with Gasteiger partial charge < -0.3 is 5.73 Å². The lowest BCUT2D eigenvalue weighted by Crippen LogP contribution is -2.09. The smallest absolute Gasteiger partial charge is 0.0665 e. The van der Waals surface area contributed by atoms with Gasteiger partial charge >= 0.3 is 0 Å². The van der Waals surface area contributed by atoms with Crippen molar-refractivity contribution >= 4 is 38.6 Å². The van der Waals surface area contributed by atoms with E-state index in [0.717, 1.165) is 4.47 Å². The van der Waals surface area contributed by atoms with Crippen molar-refractivity contribution in [2.45, 2.75) is 13.0 Å². The number of thiophene rings is 2. The van der Waals surface area contributed by atoms with Gasteiger partial charge in [0, 0.05) is 19.6 Å². The van der Waals surface area contributed by atoms with Crippen LogP contribution in [0, 0.1) is 6.92 Å². The summed E-state index contributed by atoms with van der Waals surface area (Å²) < 4.78 is 1.11. The van der Waals surface area contributed by atoms with Gasteiger partial charge in [-0.3, -0.25) is 0 Å². The van der Waals surface area contributed by atoms with Crippen LogP contribution in [0.1, 0.15) is 21.4 Å². The Bertz CT molecular complexity index is 433. The Kier molecular flexibility index (Phi) is 3.07. The molecule has 0 saturated carbocycles. The maximum atomic E-state index is 6.16. The number of halogens is 1. The molecule has 2 heterocycles. The quantitative estimate of drug-likeness (QED) is 0.890. The lowest BCUT2D eigenvalue weighted by Gasteiger charge is -2.07. The van der Waals surface area contributed by atoms with Crippen molar-refractivity contribution in [3.63, 3.8) is 0 Å². The Labute approximate surface area is 99.7 Å². The van der Waals surface area contributed by atoms with Crippen LogP contribution in [0.5, 0.6) is 0 Å². The SMILES string of the molecule is Cc1ccc(C(N)c2cscc2Br)s1. The minimum atomic E-state index is 0.00863. The van der Waals surface area contributed by atoms with Gasteiger partial charge in [-0.05, 0) is 45.9 Å². The maximum absolute atomic E-state index is 6.16. The number of rotatable bonds is 2. The molecular formula is C10H10BrNS2. The molecule has 2 N–H and O–H groups in total. The second kappa shape index (κ2) is 4.14. The predicted molar refractivity (Wildman–Crippen MR) is 67.1 cm³/mol. The number of nitrogens with two attached hydrogens (primary N) is 1. The molecule has 0 aliphatic heterocycles. The molecule has 2 aromatic rings. The zero-order valence-corrected chi connectivity index (χ0v) is 10.9. The Morgan fingerprint density at radius 2 is 2.14 bits per heavy atom. The van der Waals surface area contributed by atoms with Gasteiger partial charge in [0.1, 0.15) is 0 Å². The van der Waals surface area contributed by atoms with Crippen molar-refractivity contribution in [1.82, 2.24) is 0 Å². The highest BCUT2D eigenvalue weighted by Crippen LogP contribution is 2.32. The summed E-state index contributed by atoms with van der Waals surface area (Å²) in [6, 6.07) is 4.23. The summed E-state index contributed by atoms with van der Waals surface area (Å²) in [4.78, 5) is 2.53. The molecule has 0 radical (unpaired) electrons. The highest BCUT2D eigenvalue weighted by molar-refractivity contribution is 9.10.